The number of pyridine rings is 1. The Morgan fingerprint density at radius 3 is 2.75 bits per heavy atom. The molecule has 0 N–H and O–H groups in total. The molecule has 2 aliphatic rings. The van der Waals surface area contributed by atoms with Crippen LogP contribution in [0.25, 0.3) is 17.2 Å². The molecule has 3 heteroatoms. The van der Waals surface area contributed by atoms with E-state index in [4.69, 9.17) is 4.74 Å². The summed E-state index contributed by atoms with van der Waals surface area (Å²) in [7, 11) is 0. The van der Waals surface area contributed by atoms with Gasteiger partial charge in [-0.25, -0.2) is 0 Å². The molecule has 1 aromatic heterocycles. The summed E-state index contributed by atoms with van der Waals surface area (Å²) in [4.78, 5) is 4.60. The summed E-state index contributed by atoms with van der Waals surface area (Å²) in [5.74, 6) is 3.31. The molecule has 2 heterocycles. The van der Waals surface area contributed by atoms with Gasteiger partial charge in [0.05, 0.1) is 23.1 Å². The number of benzene rings is 1. The van der Waals surface area contributed by atoms with Gasteiger partial charge in [0.25, 0.3) is 0 Å². The van der Waals surface area contributed by atoms with E-state index in [-0.39, 0.29) is 0 Å². The first kappa shape index (κ1) is 18.5. The van der Waals surface area contributed by atoms with E-state index >= 15 is 0 Å². The van der Waals surface area contributed by atoms with Crippen molar-refractivity contribution in [2.75, 3.05) is 0 Å². The lowest BCUT2D eigenvalue weighted by atomic mass is 9.66. The molecule has 142 valence electrons. The van der Waals surface area contributed by atoms with Crippen molar-refractivity contribution < 1.29 is 4.74 Å². The second-order valence-corrected chi connectivity index (χ2v) is 8.17. The summed E-state index contributed by atoms with van der Waals surface area (Å²) in [6.07, 6.45) is 8.65. The number of ether oxygens (including phenoxy) is 1. The van der Waals surface area contributed by atoms with Crippen molar-refractivity contribution in [1.82, 2.24) is 4.98 Å². The van der Waals surface area contributed by atoms with Gasteiger partial charge in [0.15, 0.2) is 0 Å². The molecule has 0 bridgehead atoms. The van der Waals surface area contributed by atoms with E-state index in [2.05, 4.69) is 43.6 Å². The van der Waals surface area contributed by atoms with E-state index in [1.165, 1.54) is 0 Å². The van der Waals surface area contributed by atoms with Crippen LogP contribution in [0.4, 0.5) is 0 Å². The Bertz CT molecular complexity index is 938. The zero-order valence-electron chi connectivity index (χ0n) is 16.5. The van der Waals surface area contributed by atoms with Gasteiger partial charge in [-0.1, -0.05) is 50.8 Å². The summed E-state index contributed by atoms with van der Waals surface area (Å²) in [6, 6.07) is 13.9. The van der Waals surface area contributed by atoms with Crippen LogP contribution in [0.2, 0.25) is 0 Å². The molecule has 5 atom stereocenters. The zero-order valence-corrected chi connectivity index (χ0v) is 16.5. The predicted molar refractivity (Wildman–Crippen MR) is 112 cm³/mol. The van der Waals surface area contributed by atoms with Gasteiger partial charge in [0.1, 0.15) is 6.10 Å². The number of nitrogens with zero attached hydrogens (tertiary/aromatic N) is 2. The third-order valence-corrected chi connectivity index (χ3v) is 6.60. The number of allylic oxidation sites excluding steroid dienone is 2. The second-order valence-electron chi connectivity index (χ2n) is 8.17. The van der Waals surface area contributed by atoms with Crippen LogP contribution in [0.1, 0.15) is 37.9 Å². The highest BCUT2D eigenvalue weighted by Crippen LogP contribution is 2.47. The zero-order chi connectivity index (χ0) is 19.7. The lowest BCUT2D eigenvalue weighted by Gasteiger charge is -2.39. The normalized spacial score (nSPS) is 29.3. The van der Waals surface area contributed by atoms with Crippen LogP contribution in [0.3, 0.4) is 0 Å². The van der Waals surface area contributed by atoms with Crippen LogP contribution in [0.15, 0.2) is 61.0 Å². The van der Waals surface area contributed by atoms with Crippen molar-refractivity contribution in [3.8, 4) is 17.2 Å². The predicted octanol–water partition coefficient (Wildman–Crippen LogP) is 5.84. The minimum absolute atomic E-state index is 0.311. The average molecular weight is 370 g/mol. The number of hydrogen-bond donors (Lipinski definition) is 0. The van der Waals surface area contributed by atoms with Crippen LogP contribution < -0.4 is 0 Å². The van der Waals surface area contributed by atoms with Gasteiger partial charge in [0.2, 0.25) is 0 Å². The fourth-order valence-electron chi connectivity index (χ4n) is 4.73. The molecule has 0 amide bonds. The minimum Gasteiger partial charge on any atom is -0.495 e. The van der Waals surface area contributed by atoms with Gasteiger partial charge in [-0.15, -0.1) is 0 Å². The van der Waals surface area contributed by atoms with Crippen LogP contribution >= 0.6 is 0 Å². The summed E-state index contributed by atoms with van der Waals surface area (Å²) in [5.41, 5.74) is 3.50. The summed E-state index contributed by atoms with van der Waals surface area (Å²) in [6.45, 7) is 8.74. The van der Waals surface area contributed by atoms with E-state index in [9.17, 15) is 5.26 Å². The third-order valence-electron chi connectivity index (χ3n) is 6.60. The highest BCUT2D eigenvalue weighted by Gasteiger charge is 2.44. The highest BCUT2D eigenvalue weighted by molar-refractivity contribution is 5.70. The Morgan fingerprint density at radius 1 is 1.18 bits per heavy atom. The van der Waals surface area contributed by atoms with Gasteiger partial charge >= 0.3 is 0 Å². The molecule has 2 fully saturated rings. The monoisotopic (exact) mass is 370 g/mol. The highest BCUT2D eigenvalue weighted by atomic mass is 16.5. The van der Waals surface area contributed by atoms with Crippen molar-refractivity contribution in [2.45, 2.75) is 32.8 Å². The van der Waals surface area contributed by atoms with Crippen molar-refractivity contribution in [3.05, 3.63) is 72.3 Å². The Morgan fingerprint density at radius 2 is 2.00 bits per heavy atom. The summed E-state index contributed by atoms with van der Waals surface area (Å²) >= 11 is 0. The fourth-order valence-corrected chi connectivity index (χ4v) is 4.73. The summed E-state index contributed by atoms with van der Waals surface area (Å²) < 4.78 is 5.98. The first-order chi connectivity index (χ1) is 13.6. The Hall–Kier alpha value is -2.86. The molecule has 1 aromatic carbocycles. The van der Waals surface area contributed by atoms with Crippen molar-refractivity contribution in [3.63, 3.8) is 0 Å². The van der Waals surface area contributed by atoms with Crippen LogP contribution in [-0.2, 0) is 4.74 Å². The topological polar surface area (TPSA) is 45.9 Å². The standard InChI is InChI=1S/C25H26N2O/c1-16-12-24-18(3)17(2)19(13-25(24)28-16)8-10-22-11-9-21(15-27-22)23-7-5-4-6-20(23)14-26/h4-11,15,17-19,24-25H,1,12-13H2,2-3H3/b10-8+/t17-,18-,19-,24+,25-/m1/s1. The van der Waals surface area contributed by atoms with Gasteiger partial charge in [-0.2, -0.15) is 5.26 Å². The molecule has 0 radical (unpaired) electrons. The number of nitriles is 1. The quantitative estimate of drug-likeness (QED) is 0.681. The first-order valence-corrected chi connectivity index (χ1v) is 10.0. The molecular weight excluding hydrogens is 344 g/mol. The molecule has 1 aliphatic carbocycles. The lowest BCUT2D eigenvalue weighted by Crippen LogP contribution is -2.37. The Labute approximate surface area is 167 Å². The van der Waals surface area contributed by atoms with Crippen LogP contribution in [0, 0.1) is 35.0 Å². The van der Waals surface area contributed by atoms with Gasteiger partial charge < -0.3 is 4.74 Å². The Balaban J connectivity index is 1.49. The maximum absolute atomic E-state index is 9.29. The van der Waals surface area contributed by atoms with E-state index in [1.807, 2.05) is 42.6 Å². The van der Waals surface area contributed by atoms with Gasteiger partial charge in [0, 0.05) is 29.7 Å². The molecule has 4 rings (SSSR count). The fraction of sp³-hybridized carbons (Fsp3) is 0.360. The van der Waals surface area contributed by atoms with E-state index < -0.39 is 0 Å². The molecule has 0 unspecified atom stereocenters. The van der Waals surface area contributed by atoms with E-state index in [1.54, 1.807) is 0 Å². The molecule has 3 nitrogen and oxygen atoms in total. The second kappa shape index (κ2) is 7.64. The smallest absolute Gasteiger partial charge is 0.102 e. The van der Waals surface area contributed by atoms with Crippen molar-refractivity contribution >= 4 is 6.08 Å². The molecular formula is C25H26N2O. The SMILES string of the molecule is C=C1C[C@H]2[C@H](C)[C@@H](C)[C@H](/C=C/c3ccc(-c4ccccc4C#N)cn3)C[C@H]2O1. The molecule has 28 heavy (non-hydrogen) atoms. The van der Waals surface area contributed by atoms with Gasteiger partial charge in [-0.05, 0) is 42.4 Å². The molecule has 1 saturated heterocycles. The maximum Gasteiger partial charge on any atom is 0.102 e. The third kappa shape index (κ3) is 3.47. The number of hydrogen-bond acceptors (Lipinski definition) is 3. The number of rotatable bonds is 3. The van der Waals surface area contributed by atoms with Crippen LogP contribution in [0.5, 0.6) is 0 Å². The van der Waals surface area contributed by atoms with Crippen molar-refractivity contribution in [1.29, 1.82) is 5.26 Å². The van der Waals surface area contributed by atoms with Gasteiger partial charge in [-0.3, -0.25) is 4.98 Å². The number of aromatic nitrogens is 1. The molecule has 1 saturated carbocycles. The molecule has 0 spiro atoms. The summed E-state index contributed by atoms with van der Waals surface area (Å²) in [5, 5.41) is 9.29. The lowest BCUT2D eigenvalue weighted by molar-refractivity contribution is 0.0253. The average Bonchev–Trinajstić information content (AvgIpc) is 3.10. The van der Waals surface area contributed by atoms with E-state index in [0.29, 0.717) is 35.3 Å². The molecule has 2 aromatic rings. The minimum atomic E-state index is 0.311. The van der Waals surface area contributed by atoms with Crippen LogP contribution in [-0.4, -0.2) is 11.1 Å². The number of fused-ring (bicyclic) bond motifs is 1. The van der Waals surface area contributed by atoms with Crippen molar-refractivity contribution in [2.24, 2.45) is 23.7 Å². The first-order valence-electron chi connectivity index (χ1n) is 10.0. The largest absolute Gasteiger partial charge is 0.495 e. The Kier molecular flexibility index (Phi) is 5.05. The molecule has 1 aliphatic heterocycles. The maximum atomic E-state index is 9.29. The van der Waals surface area contributed by atoms with E-state index in [0.717, 1.165) is 35.4 Å².